The quantitative estimate of drug-likeness (QED) is 0.842. The second-order valence-corrected chi connectivity index (χ2v) is 7.03. The third-order valence-electron chi connectivity index (χ3n) is 3.38. The third-order valence-corrected chi connectivity index (χ3v) is 5.21. The van der Waals surface area contributed by atoms with Crippen molar-refractivity contribution in [2.45, 2.75) is 31.0 Å². The molecule has 21 heavy (non-hydrogen) atoms. The van der Waals surface area contributed by atoms with Crippen molar-refractivity contribution in [2.24, 2.45) is 0 Å². The summed E-state index contributed by atoms with van der Waals surface area (Å²) in [7, 11) is -0.577. The van der Waals surface area contributed by atoms with Crippen molar-refractivity contribution in [1.29, 1.82) is 0 Å². The van der Waals surface area contributed by atoms with E-state index in [0.29, 0.717) is 24.6 Å². The van der Waals surface area contributed by atoms with Gasteiger partial charge in [-0.15, -0.1) is 0 Å². The van der Waals surface area contributed by atoms with Crippen LogP contribution in [0.1, 0.15) is 13.8 Å². The van der Waals surface area contributed by atoms with Gasteiger partial charge in [-0.25, -0.2) is 8.42 Å². The molecule has 0 bridgehead atoms. The van der Waals surface area contributed by atoms with E-state index in [2.05, 4.69) is 0 Å². The Balaban J connectivity index is 2.35. The van der Waals surface area contributed by atoms with Crippen LogP contribution in [0.25, 0.3) is 0 Å². The fourth-order valence-corrected chi connectivity index (χ4v) is 4.06. The van der Waals surface area contributed by atoms with Gasteiger partial charge in [0, 0.05) is 19.2 Å². The molecule has 6 nitrogen and oxygen atoms in total. The van der Waals surface area contributed by atoms with Crippen LogP contribution in [0.2, 0.25) is 0 Å². The highest BCUT2D eigenvalue weighted by Gasteiger charge is 2.32. The molecule has 0 aromatic heterocycles. The molecule has 0 aliphatic carbocycles. The zero-order chi connectivity index (χ0) is 15.6. The number of morpholine rings is 1. The highest BCUT2D eigenvalue weighted by molar-refractivity contribution is 7.89. The van der Waals surface area contributed by atoms with Crippen molar-refractivity contribution in [3.05, 3.63) is 18.2 Å². The Morgan fingerprint density at radius 2 is 1.67 bits per heavy atom. The lowest BCUT2D eigenvalue weighted by atomic mass is 10.3. The highest BCUT2D eigenvalue weighted by Crippen LogP contribution is 2.31. The van der Waals surface area contributed by atoms with Gasteiger partial charge in [0.25, 0.3) is 0 Å². The van der Waals surface area contributed by atoms with Crippen LogP contribution in [0.3, 0.4) is 0 Å². The number of hydrogen-bond donors (Lipinski definition) is 0. The standard InChI is InChI=1S/C14H21NO5S/c1-10-8-15(9-11(2)20-10)21(16,17)12-5-6-13(18-3)14(7-12)19-4/h5-7,10-11H,8-9H2,1-4H3/t10-,11+. The van der Waals surface area contributed by atoms with Crippen LogP contribution in [0.4, 0.5) is 0 Å². The number of nitrogens with zero attached hydrogens (tertiary/aromatic N) is 1. The Bertz CT molecular complexity index is 591. The van der Waals surface area contributed by atoms with Gasteiger partial charge in [-0.05, 0) is 26.0 Å². The fraction of sp³-hybridized carbons (Fsp3) is 0.571. The average Bonchev–Trinajstić information content (AvgIpc) is 2.45. The van der Waals surface area contributed by atoms with Gasteiger partial charge in [0.05, 0.1) is 31.3 Å². The lowest BCUT2D eigenvalue weighted by Crippen LogP contribution is -2.48. The topological polar surface area (TPSA) is 65.1 Å². The van der Waals surface area contributed by atoms with E-state index in [1.54, 1.807) is 6.07 Å². The van der Waals surface area contributed by atoms with Crippen molar-refractivity contribution in [2.75, 3.05) is 27.3 Å². The normalized spacial score (nSPS) is 23.8. The summed E-state index contributed by atoms with van der Waals surface area (Å²) in [5.74, 6) is 0.896. The summed E-state index contributed by atoms with van der Waals surface area (Å²) in [5, 5.41) is 0. The first-order valence-electron chi connectivity index (χ1n) is 6.76. The minimum absolute atomic E-state index is 0.122. The number of ether oxygens (including phenoxy) is 3. The average molecular weight is 315 g/mol. The maximum atomic E-state index is 12.7. The van der Waals surface area contributed by atoms with E-state index < -0.39 is 10.0 Å². The molecule has 118 valence electrons. The van der Waals surface area contributed by atoms with E-state index in [0.717, 1.165) is 0 Å². The van der Waals surface area contributed by atoms with Crippen LogP contribution >= 0.6 is 0 Å². The summed E-state index contributed by atoms with van der Waals surface area (Å²) in [6.07, 6.45) is -0.243. The first kappa shape index (κ1) is 16.1. The van der Waals surface area contributed by atoms with Crippen LogP contribution in [0.15, 0.2) is 23.1 Å². The van der Waals surface area contributed by atoms with Gasteiger partial charge in [-0.1, -0.05) is 0 Å². The molecule has 0 amide bonds. The first-order chi connectivity index (χ1) is 9.88. The SMILES string of the molecule is COc1ccc(S(=O)(=O)N2C[C@@H](C)O[C@@H](C)C2)cc1OC. The van der Waals surface area contributed by atoms with Crippen molar-refractivity contribution in [1.82, 2.24) is 4.31 Å². The molecule has 1 fully saturated rings. The zero-order valence-electron chi connectivity index (χ0n) is 12.7. The molecule has 0 radical (unpaired) electrons. The van der Waals surface area contributed by atoms with Crippen molar-refractivity contribution in [3.8, 4) is 11.5 Å². The van der Waals surface area contributed by atoms with Gasteiger partial charge in [0.15, 0.2) is 11.5 Å². The molecule has 1 aliphatic heterocycles. The summed E-state index contributed by atoms with van der Waals surface area (Å²) in [5.41, 5.74) is 0. The Hall–Kier alpha value is -1.31. The number of hydrogen-bond acceptors (Lipinski definition) is 5. The summed E-state index contributed by atoms with van der Waals surface area (Å²) < 4.78 is 42.8. The van der Waals surface area contributed by atoms with Gasteiger partial charge in [0.2, 0.25) is 10.0 Å². The summed E-state index contributed by atoms with van der Waals surface area (Å²) in [6, 6.07) is 4.61. The molecule has 1 heterocycles. The summed E-state index contributed by atoms with van der Waals surface area (Å²) in [6.45, 7) is 4.43. The van der Waals surface area contributed by atoms with Crippen LogP contribution in [0.5, 0.6) is 11.5 Å². The number of rotatable bonds is 4. The lowest BCUT2D eigenvalue weighted by molar-refractivity contribution is -0.0440. The van der Waals surface area contributed by atoms with E-state index >= 15 is 0 Å². The molecule has 1 aromatic rings. The van der Waals surface area contributed by atoms with Crippen LogP contribution in [0, 0.1) is 0 Å². The van der Waals surface area contributed by atoms with Gasteiger partial charge >= 0.3 is 0 Å². The van der Waals surface area contributed by atoms with Gasteiger partial charge in [-0.3, -0.25) is 0 Å². The second-order valence-electron chi connectivity index (χ2n) is 5.10. The van der Waals surface area contributed by atoms with E-state index in [1.807, 2.05) is 13.8 Å². The van der Waals surface area contributed by atoms with Crippen molar-refractivity contribution < 1.29 is 22.6 Å². The van der Waals surface area contributed by atoms with Crippen molar-refractivity contribution >= 4 is 10.0 Å². The molecule has 2 rings (SSSR count). The molecule has 2 atom stereocenters. The Morgan fingerprint density at radius 3 is 2.19 bits per heavy atom. The van der Waals surface area contributed by atoms with E-state index in [1.165, 1.54) is 30.7 Å². The fourth-order valence-electron chi connectivity index (χ4n) is 2.45. The lowest BCUT2D eigenvalue weighted by Gasteiger charge is -2.34. The molecule has 0 unspecified atom stereocenters. The van der Waals surface area contributed by atoms with Crippen LogP contribution in [-0.4, -0.2) is 52.2 Å². The highest BCUT2D eigenvalue weighted by atomic mass is 32.2. The Labute approximate surface area is 125 Å². The van der Waals surface area contributed by atoms with Gasteiger partial charge in [0.1, 0.15) is 0 Å². The molecule has 1 aliphatic rings. The number of sulfonamides is 1. The minimum atomic E-state index is -3.57. The van der Waals surface area contributed by atoms with Gasteiger partial charge in [-0.2, -0.15) is 4.31 Å². The molecule has 0 N–H and O–H groups in total. The third kappa shape index (κ3) is 3.30. The Kier molecular flexibility index (Phi) is 4.75. The second kappa shape index (κ2) is 6.21. The molecule has 0 saturated carbocycles. The van der Waals surface area contributed by atoms with Crippen LogP contribution in [-0.2, 0) is 14.8 Å². The molecule has 1 saturated heterocycles. The summed E-state index contributed by atoms with van der Waals surface area (Å²) in [4.78, 5) is 0.196. The predicted octanol–water partition coefficient (Wildman–Crippen LogP) is 1.50. The molecule has 7 heteroatoms. The number of methoxy groups -OCH3 is 2. The molecular weight excluding hydrogens is 294 g/mol. The molecule has 0 spiro atoms. The smallest absolute Gasteiger partial charge is 0.243 e. The predicted molar refractivity (Wildman–Crippen MR) is 78.3 cm³/mol. The van der Waals surface area contributed by atoms with Crippen LogP contribution < -0.4 is 9.47 Å². The molecule has 1 aromatic carbocycles. The van der Waals surface area contributed by atoms with E-state index in [9.17, 15) is 8.42 Å². The van der Waals surface area contributed by atoms with Gasteiger partial charge < -0.3 is 14.2 Å². The monoisotopic (exact) mass is 315 g/mol. The minimum Gasteiger partial charge on any atom is -0.493 e. The largest absolute Gasteiger partial charge is 0.493 e. The summed E-state index contributed by atoms with van der Waals surface area (Å²) >= 11 is 0. The van der Waals surface area contributed by atoms with Crippen molar-refractivity contribution in [3.63, 3.8) is 0 Å². The maximum absolute atomic E-state index is 12.7. The Morgan fingerprint density at radius 1 is 1.10 bits per heavy atom. The first-order valence-corrected chi connectivity index (χ1v) is 8.20. The number of benzene rings is 1. The van der Waals surface area contributed by atoms with E-state index in [-0.39, 0.29) is 17.1 Å². The zero-order valence-corrected chi connectivity index (χ0v) is 13.5. The molecular formula is C14H21NO5S. The van der Waals surface area contributed by atoms with E-state index in [4.69, 9.17) is 14.2 Å². The maximum Gasteiger partial charge on any atom is 0.243 e.